The number of anilines is 1. The molecule has 1 atom stereocenters. The number of benzene rings is 3. The van der Waals surface area contributed by atoms with Gasteiger partial charge in [-0.2, -0.15) is 0 Å². The Labute approximate surface area is 244 Å². The third kappa shape index (κ3) is 8.30. The fourth-order valence-electron chi connectivity index (χ4n) is 3.84. The van der Waals surface area contributed by atoms with Crippen LogP contribution in [-0.4, -0.2) is 43.3 Å². The van der Waals surface area contributed by atoms with Crippen molar-refractivity contribution in [2.24, 2.45) is 0 Å². The van der Waals surface area contributed by atoms with E-state index < -0.39 is 34.1 Å². The molecule has 10 heteroatoms. The van der Waals surface area contributed by atoms with Gasteiger partial charge in [-0.25, -0.2) is 8.42 Å². The SMILES string of the molecule is Cc1ccc(S(=O)(=O)N(CC(=O)N(Cc2ccc(Cl)cc2)[C@@H](C)C(=O)NC(C)(C)C)c2cccc(Br)c2)cc1. The van der Waals surface area contributed by atoms with Gasteiger partial charge in [-0.05, 0) is 82.6 Å². The Morgan fingerprint density at radius 2 is 1.62 bits per heavy atom. The molecule has 0 aromatic heterocycles. The van der Waals surface area contributed by atoms with Gasteiger partial charge in [-0.15, -0.1) is 0 Å². The summed E-state index contributed by atoms with van der Waals surface area (Å²) in [5, 5.41) is 3.45. The number of sulfonamides is 1. The summed E-state index contributed by atoms with van der Waals surface area (Å²) in [4.78, 5) is 28.5. The normalized spacial score (nSPS) is 12.5. The zero-order valence-corrected chi connectivity index (χ0v) is 25.8. The van der Waals surface area contributed by atoms with Crippen LogP contribution in [0.1, 0.15) is 38.8 Å². The molecule has 0 saturated heterocycles. The zero-order chi connectivity index (χ0) is 29.0. The monoisotopic (exact) mass is 633 g/mol. The minimum absolute atomic E-state index is 0.0589. The largest absolute Gasteiger partial charge is 0.350 e. The summed E-state index contributed by atoms with van der Waals surface area (Å²) in [5.74, 6) is -0.877. The summed E-state index contributed by atoms with van der Waals surface area (Å²) < 4.78 is 29.4. The van der Waals surface area contributed by atoms with E-state index in [0.717, 1.165) is 15.4 Å². The molecule has 0 saturated carbocycles. The van der Waals surface area contributed by atoms with Crippen LogP contribution >= 0.6 is 27.5 Å². The van der Waals surface area contributed by atoms with E-state index >= 15 is 0 Å². The Morgan fingerprint density at radius 3 is 2.18 bits per heavy atom. The van der Waals surface area contributed by atoms with Crippen molar-refractivity contribution in [3.05, 3.63) is 93.4 Å². The van der Waals surface area contributed by atoms with Crippen LogP contribution in [0.25, 0.3) is 0 Å². The van der Waals surface area contributed by atoms with Crippen molar-refractivity contribution in [1.82, 2.24) is 10.2 Å². The second-order valence-electron chi connectivity index (χ2n) is 10.4. The van der Waals surface area contributed by atoms with Crippen molar-refractivity contribution in [1.29, 1.82) is 0 Å². The molecule has 0 spiro atoms. The molecule has 0 bridgehead atoms. The highest BCUT2D eigenvalue weighted by atomic mass is 79.9. The Bertz CT molecular complexity index is 1420. The molecule has 3 rings (SSSR count). The molecule has 39 heavy (non-hydrogen) atoms. The highest BCUT2D eigenvalue weighted by Gasteiger charge is 2.33. The Hall–Kier alpha value is -2.88. The molecular weight excluding hydrogens is 602 g/mol. The second kappa shape index (κ2) is 12.5. The van der Waals surface area contributed by atoms with Crippen molar-refractivity contribution in [2.45, 2.75) is 57.6 Å². The zero-order valence-electron chi connectivity index (χ0n) is 22.6. The predicted octanol–water partition coefficient (Wildman–Crippen LogP) is 5.94. The van der Waals surface area contributed by atoms with E-state index in [2.05, 4.69) is 21.2 Å². The molecule has 0 aliphatic heterocycles. The van der Waals surface area contributed by atoms with Gasteiger partial charge in [0, 0.05) is 21.6 Å². The van der Waals surface area contributed by atoms with Gasteiger partial charge in [0.05, 0.1) is 10.6 Å². The molecule has 208 valence electrons. The number of hydrogen-bond acceptors (Lipinski definition) is 4. The number of carbonyl (C=O) groups excluding carboxylic acids is 2. The average molecular weight is 635 g/mol. The van der Waals surface area contributed by atoms with E-state index in [9.17, 15) is 18.0 Å². The van der Waals surface area contributed by atoms with Crippen LogP contribution in [-0.2, 0) is 26.2 Å². The van der Waals surface area contributed by atoms with Gasteiger partial charge in [0.1, 0.15) is 12.6 Å². The topological polar surface area (TPSA) is 86.8 Å². The maximum Gasteiger partial charge on any atom is 0.264 e. The average Bonchev–Trinajstić information content (AvgIpc) is 2.85. The van der Waals surface area contributed by atoms with Crippen LogP contribution < -0.4 is 9.62 Å². The van der Waals surface area contributed by atoms with E-state index in [4.69, 9.17) is 11.6 Å². The van der Waals surface area contributed by atoms with E-state index in [-0.39, 0.29) is 17.3 Å². The minimum atomic E-state index is -4.12. The lowest BCUT2D eigenvalue weighted by Gasteiger charge is -2.33. The first-order valence-corrected chi connectivity index (χ1v) is 15.0. The second-order valence-corrected chi connectivity index (χ2v) is 13.6. The fourth-order valence-corrected chi connectivity index (χ4v) is 5.76. The molecule has 0 heterocycles. The first-order chi connectivity index (χ1) is 18.2. The Kier molecular flexibility index (Phi) is 9.85. The summed E-state index contributed by atoms with van der Waals surface area (Å²) in [6, 6.07) is 19.3. The lowest BCUT2D eigenvalue weighted by Crippen LogP contribution is -2.54. The highest BCUT2D eigenvalue weighted by Crippen LogP contribution is 2.27. The molecular formula is C29H33BrClN3O4S. The predicted molar refractivity (Wildman–Crippen MR) is 159 cm³/mol. The quantitative estimate of drug-likeness (QED) is 0.316. The number of hydrogen-bond donors (Lipinski definition) is 1. The summed E-state index contributed by atoms with van der Waals surface area (Å²) in [6.07, 6.45) is 0. The first kappa shape index (κ1) is 30.7. The number of amides is 2. The van der Waals surface area contributed by atoms with Crippen molar-refractivity contribution in [3.8, 4) is 0 Å². The molecule has 2 amide bonds. The third-order valence-electron chi connectivity index (χ3n) is 5.92. The van der Waals surface area contributed by atoms with Crippen LogP contribution in [0.4, 0.5) is 5.69 Å². The van der Waals surface area contributed by atoms with Crippen LogP contribution in [0.5, 0.6) is 0 Å². The van der Waals surface area contributed by atoms with E-state index in [0.29, 0.717) is 15.2 Å². The molecule has 3 aromatic rings. The summed E-state index contributed by atoms with van der Waals surface area (Å²) in [7, 11) is -4.12. The van der Waals surface area contributed by atoms with Crippen LogP contribution in [0.15, 0.2) is 82.2 Å². The molecule has 0 aliphatic carbocycles. The van der Waals surface area contributed by atoms with Gasteiger partial charge in [0.25, 0.3) is 10.0 Å². The third-order valence-corrected chi connectivity index (χ3v) is 8.45. The lowest BCUT2D eigenvalue weighted by atomic mass is 10.1. The Balaban J connectivity index is 2.03. The first-order valence-electron chi connectivity index (χ1n) is 12.4. The molecule has 0 fully saturated rings. The summed E-state index contributed by atoms with van der Waals surface area (Å²) in [5.41, 5.74) is 1.46. The standard InChI is InChI=1S/C29H33BrClN3O4S/c1-20-9-15-26(16-10-20)39(37,38)34(25-8-6-7-23(30)17-25)19-27(35)33(18-22-11-13-24(31)14-12-22)21(2)28(36)32-29(3,4)5/h6-17,21H,18-19H2,1-5H3,(H,32,36)/t21-/m0/s1. The molecule has 0 aliphatic rings. The van der Waals surface area contributed by atoms with Gasteiger partial charge in [0.15, 0.2) is 0 Å². The van der Waals surface area contributed by atoms with Gasteiger partial charge >= 0.3 is 0 Å². The number of nitrogens with one attached hydrogen (secondary N) is 1. The van der Waals surface area contributed by atoms with Gasteiger partial charge in [-0.1, -0.05) is 63.4 Å². The molecule has 0 radical (unpaired) electrons. The smallest absolute Gasteiger partial charge is 0.264 e. The molecule has 0 unspecified atom stereocenters. The highest BCUT2D eigenvalue weighted by molar-refractivity contribution is 9.10. The van der Waals surface area contributed by atoms with E-state index in [1.807, 2.05) is 27.7 Å². The van der Waals surface area contributed by atoms with Crippen LogP contribution in [0, 0.1) is 6.92 Å². The Morgan fingerprint density at radius 1 is 1.00 bits per heavy atom. The number of aryl methyl sites for hydroxylation is 1. The number of halogens is 2. The van der Waals surface area contributed by atoms with Crippen molar-refractivity contribution in [3.63, 3.8) is 0 Å². The van der Waals surface area contributed by atoms with Gasteiger partial charge in [-0.3, -0.25) is 13.9 Å². The van der Waals surface area contributed by atoms with Gasteiger partial charge < -0.3 is 10.2 Å². The summed E-state index contributed by atoms with van der Waals surface area (Å²) in [6.45, 7) is 8.64. The maximum atomic E-state index is 13.9. The van der Waals surface area contributed by atoms with Crippen LogP contribution in [0.2, 0.25) is 5.02 Å². The number of rotatable bonds is 9. The molecule has 3 aromatic carbocycles. The maximum absolute atomic E-state index is 13.9. The number of carbonyl (C=O) groups is 2. The van der Waals surface area contributed by atoms with E-state index in [1.54, 1.807) is 67.6 Å². The number of nitrogens with zero attached hydrogens (tertiary/aromatic N) is 2. The van der Waals surface area contributed by atoms with Crippen LogP contribution in [0.3, 0.4) is 0 Å². The fraction of sp³-hybridized carbons (Fsp3) is 0.310. The minimum Gasteiger partial charge on any atom is -0.350 e. The summed E-state index contributed by atoms with van der Waals surface area (Å²) >= 11 is 9.44. The molecule has 1 N–H and O–H groups in total. The van der Waals surface area contributed by atoms with Crippen molar-refractivity contribution in [2.75, 3.05) is 10.8 Å². The van der Waals surface area contributed by atoms with Crippen molar-refractivity contribution >= 4 is 55.1 Å². The lowest BCUT2D eigenvalue weighted by molar-refractivity contribution is -0.140. The van der Waals surface area contributed by atoms with Gasteiger partial charge in [0.2, 0.25) is 11.8 Å². The van der Waals surface area contributed by atoms with Crippen molar-refractivity contribution < 1.29 is 18.0 Å². The van der Waals surface area contributed by atoms with E-state index in [1.165, 1.54) is 17.0 Å². The molecule has 7 nitrogen and oxygen atoms in total.